The maximum atomic E-state index is 14.8. The number of nitrogens with zero attached hydrogens (tertiary/aromatic N) is 9. The summed E-state index contributed by atoms with van der Waals surface area (Å²) < 4.78 is 44.3. The zero-order chi connectivity index (χ0) is 58.6. The summed E-state index contributed by atoms with van der Waals surface area (Å²) in [4.78, 5) is 81.7. The monoisotopic (exact) mass is 1150 g/mol. The van der Waals surface area contributed by atoms with E-state index in [9.17, 15) is 37.9 Å². The van der Waals surface area contributed by atoms with Gasteiger partial charge in [-0.3, -0.25) is 19.1 Å². The predicted molar refractivity (Wildman–Crippen MR) is 307 cm³/mol. The quantitative estimate of drug-likeness (QED) is 0.0384. The van der Waals surface area contributed by atoms with Gasteiger partial charge in [-0.05, 0) is 101 Å². The molecule has 4 aliphatic rings. The summed E-state index contributed by atoms with van der Waals surface area (Å²) in [5.74, 6) is 0.211. The van der Waals surface area contributed by atoms with Crippen molar-refractivity contribution in [2.24, 2.45) is 13.0 Å². The van der Waals surface area contributed by atoms with Crippen molar-refractivity contribution in [3.63, 3.8) is 0 Å². The first-order valence-electron chi connectivity index (χ1n) is 27.9. The number of unbranched alkanes of at least 4 members (excludes halogenated alkanes) is 1. The Morgan fingerprint density at radius 3 is 2.43 bits per heavy atom. The van der Waals surface area contributed by atoms with Crippen LogP contribution in [-0.4, -0.2) is 142 Å². The van der Waals surface area contributed by atoms with Gasteiger partial charge in [0.1, 0.15) is 17.0 Å². The first-order chi connectivity index (χ1) is 39.3. The smallest absolute Gasteiger partial charge is 0.347 e. The number of carboxylic acids is 1. The van der Waals surface area contributed by atoms with Gasteiger partial charge < -0.3 is 65.4 Å². The number of carboxylic acid groups (broad SMARTS) is 1. The molecule has 4 aliphatic heterocycles. The molecule has 22 nitrogen and oxygen atoms in total. The van der Waals surface area contributed by atoms with E-state index in [2.05, 4.69) is 25.6 Å². The number of aryl methyl sites for hydroxylation is 2. The van der Waals surface area contributed by atoms with Crippen molar-refractivity contribution >= 4 is 87.1 Å². The second-order valence-corrected chi connectivity index (χ2v) is 22.1. The Morgan fingerprint density at radius 2 is 1.74 bits per heavy atom. The molecule has 438 valence electrons. The number of nitrogens with one attached hydrogen (secondary N) is 4. The average molecular weight is 1150 g/mol. The van der Waals surface area contributed by atoms with Crippen molar-refractivity contribution in [3.05, 3.63) is 86.1 Å². The number of nitrogens with two attached hydrogens (primary N) is 1. The number of benzene rings is 2. The molecule has 0 bridgehead atoms. The SMILES string of the molecule is CNC(=O)N1CCc2c(c(N3CCCc4cc(/C(C=N)=C/[NH2+]C)c(C(F)F)cc43)nn2C2CCN(C(=O)CCCCNC(=O)C3CCN(c4ncc(Cl)c(Nc5cc(OC)c6c(c5)cc(OC(C)(C)C(=O)O)c(=O)n6C)n4)CC3)CC2)C1. The Balaban J connectivity index is 0.762. The number of ether oxygens (including phenoxy) is 2. The van der Waals surface area contributed by atoms with Crippen LogP contribution in [0.3, 0.4) is 0 Å². The highest BCUT2D eigenvalue weighted by molar-refractivity contribution is 6.33. The minimum atomic E-state index is -2.77. The van der Waals surface area contributed by atoms with Gasteiger partial charge in [-0.1, -0.05) is 11.6 Å². The number of piperidine rings is 2. The van der Waals surface area contributed by atoms with Gasteiger partial charge in [0.05, 0.1) is 44.0 Å². The molecule has 2 saturated heterocycles. The first-order valence-corrected chi connectivity index (χ1v) is 28.3. The van der Waals surface area contributed by atoms with Gasteiger partial charge in [0, 0.05) is 125 Å². The normalized spacial score (nSPS) is 16.2. The number of allylic oxidation sites excluding steroid dienone is 1. The van der Waals surface area contributed by atoms with Gasteiger partial charge in [0.15, 0.2) is 23.0 Å². The largest absolute Gasteiger partial charge is 0.494 e. The molecule has 9 rings (SSSR count). The van der Waals surface area contributed by atoms with Crippen LogP contribution in [-0.2, 0) is 40.8 Å². The molecule has 0 aliphatic carbocycles. The van der Waals surface area contributed by atoms with E-state index in [4.69, 9.17) is 36.6 Å². The molecule has 0 spiro atoms. The highest BCUT2D eigenvalue weighted by Gasteiger charge is 2.37. The van der Waals surface area contributed by atoms with Gasteiger partial charge in [0.2, 0.25) is 17.8 Å². The molecule has 7 heterocycles. The molecule has 3 aromatic heterocycles. The number of amides is 4. The summed E-state index contributed by atoms with van der Waals surface area (Å²) in [5, 5.41) is 34.4. The number of carbonyl (C=O) groups is 4. The molecule has 2 aromatic carbocycles. The number of hydrogen-bond acceptors (Lipinski definition) is 14. The van der Waals surface area contributed by atoms with Crippen LogP contribution in [0.1, 0.15) is 106 Å². The van der Waals surface area contributed by atoms with Crippen LogP contribution in [0.25, 0.3) is 16.5 Å². The number of hydrogen-bond donors (Lipinski definition) is 6. The average Bonchev–Trinajstić information content (AvgIpc) is 4.09. The summed E-state index contributed by atoms with van der Waals surface area (Å²) in [7, 11) is 6.41. The van der Waals surface area contributed by atoms with Gasteiger partial charge >= 0.3 is 12.0 Å². The van der Waals surface area contributed by atoms with Gasteiger partial charge in [0.25, 0.3) is 12.0 Å². The molecule has 0 unspecified atom stereocenters. The standard InChI is InChI=1S/C57H71ClF2N14O8/c1-57(2,54(78)79)82-46-26-35-24-37(27-45(81-6)48(35)69(5)53(46)77)66-50-42(58)31-65-55(67-50)71-19-12-33(13-20-71)52(76)64-17-8-7-11-47(75)70-21-14-38(15-22-70)74-43-16-23-72(56(80)63-4)32-41(43)51(68-74)73-18-9-10-34-25-39(36(29-61)30-62-3)40(49(59)60)28-44(34)73/h24-31,33,38,49,61-62H,7-23,32H2,1-6H3,(H,63,80)(H,64,76)(H,78,79)(H,65,66,67)/p+1/b36-30+,61-29?. The minimum Gasteiger partial charge on any atom is -0.494 e. The van der Waals surface area contributed by atoms with E-state index in [0.717, 1.165) is 29.5 Å². The molecule has 0 saturated carbocycles. The third-order valence-corrected chi connectivity index (χ3v) is 16.3. The van der Waals surface area contributed by atoms with Crippen LogP contribution < -0.4 is 46.1 Å². The first kappa shape index (κ1) is 58.8. The van der Waals surface area contributed by atoms with Crippen LogP contribution in [0.4, 0.5) is 42.5 Å². The van der Waals surface area contributed by atoms with Crippen molar-refractivity contribution in [3.8, 4) is 11.5 Å². The van der Waals surface area contributed by atoms with E-state index in [1.807, 2.05) is 14.7 Å². The number of carbonyl (C=O) groups excluding carboxylic acids is 3. The number of rotatable bonds is 19. The predicted octanol–water partition coefficient (Wildman–Crippen LogP) is 6.44. The third kappa shape index (κ3) is 12.3. The summed E-state index contributed by atoms with van der Waals surface area (Å²) in [6.07, 6.45) is 7.67. The van der Waals surface area contributed by atoms with E-state index >= 15 is 0 Å². The number of urea groups is 1. The Kier molecular flexibility index (Phi) is 18.0. The molecule has 0 radical (unpaired) electrons. The lowest BCUT2D eigenvalue weighted by Crippen LogP contribution is -2.72. The van der Waals surface area contributed by atoms with Crippen molar-refractivity contribution < 1.29 is 47.9 Å². The molecule has 0 atom stereocenters. The number of likely N-dealkylation sites (tertiary alicyclic amines) is 1. The second-order valence-electron chi connectivity index (χ2n) is 21.7. The maximum absolute atomic E-state index is 14.8. The number of aliphatic carboxylic acids is 1. The van der Waals surface area contributed by atoms with Crippen molar-refractivity contribution in [1.29, 1.82) is 5.41 Å². The van der Waals surface area contributed by atoms with Crippen LogP contribution in [0, 0.1) is 11.3 Å². The number of quaternary nitrogens is 1. The number of halogens is 3. The highest BCUT2D eigenvalue weighted by atomic mass is 35.5. The Bertz CT molecular complexity index is 3350. The van der Waals surface area contributed by atoms with E-state index in [1.54, 1.807) is 61.8 Å². The van der Waals surface area contributed by atoms with E-state index in [-0.39, 0.29) is 46.1 Å². The van der Waals surface area contributed by atoms with Crippen LogP contribution in [0.5, 0.6) is 11.5 Å². The van der Waals surface area contributed by atoms with Gasteiger partial charge in [-0.15, -0.1) is 0 Å². The van der Waals surface area contributed by atoms with Crippen LogP contribution in [0.15, 0.2) is 47.5 Å². The molecule has 5 aromatic rings. The van der Waals surface area contributed by atoms with E-state index < -0.39 is 23.6 Å². The van der Waals surface area contributed by atoms with Crippen molar-refractivity contribution in [1.82, 2.24) is 44.7 Å². The molecule has 82 heavy (non-hydrogen) atoms. The summed E-state index contributed by atoms with van der Waals surface area (Å²) in [6, 6.07) is 8.04. The maximum Gasteiger partial charge on any atom is 0.347 e. The molecule has 7 N–H and O–H groups in total. The summed E-state index contributed by atoms with van der Waals surface area (Å²) in [5.41, 5.74) is 2.87. The lowest BCUT2D eigenvalue weighted by Gasteiger charge is -2.34. The van der Waals surface area contributed by atoms with E-state index in [1.165, 1.54) is 37.8 Å². The van der Waals surface area contributed by atoms with Gasteiger partial charge in [-0.2, -0.15) is 10.1 Å². The number of aromatic nitrogens is 5. The number of pyridine rings is 1. The van der Waals surface area contributed by atoms with Crippen LogP contribution >= 0.6 is 11.6 Å². The fourth-order valence-corrected chi connectivity index (χ4v) is 11.7. The number of methoxy groups -OCH3 is 1. The molecule has 2 fully saturated rings. The lowest BCUT2D eigenvalue weighted by molar-refractivity contribution is -0.555. The number of anilines is 5. The zero-order valence-corrected chi connectivity index (χ0v) is 47.9. The fourth-order valence-electron chi connectivity index (χ4n) is 11.5. The third-order valence-electron chi connectivity index (χ3n) is 16.0. The minimum absolute atomic E-state index is 0.00554. The Labute approximate surface area is 478 Å². The van der Waals surface area contributed by atoms with Crippen molar-refractivity contribution in [2.75, 3.05) is 82.1 Å². The topological polar surface area (TPSA) is 262 Å². The highest BCUT2D eigenvalue weighted by Crippen LogP contribution is 2.43. The summed E-state index contributed by atoms with van der Waals surface area (Å²) >= 11 is 6.59. The van der Waals surface area contributed by atoms with Gasteiger partial charge in [-0.25, -0.2) is 23.4 Å². The van der Waals surface area contributed by atoms with E-state index in [0.29, 0.717) is 167 Å². The van der Waals surface area contributed by atoms with Crippen molar-refractivity contribution in [2.45, 2.75) is 103 Å². The second kappa shape index (κ2) is 25.1. The fraction of sp³-hybridized carbons (Fsp3) is 0.491. The Morgan fingerprint density at radius 1 is 0.988 bits per heavy atom. The molecular formula is C57H72ClF2N14O8+. The number of alkyl halides is 2. The zero-order valence-electron chi connectivity index (χ0n) is 47.1. The number of fused-ring (bicyclic) bond motifs is 3. The molecule has 25 heteroatoms. The summed E-state index contributed by atoms with van der Waals surface area (Å²) in [6.45, 7) is 6.70. The lowest BCUT2D eigenvalue weighted by atomic mass is 9.92. The molecule has 4 amide bonds. The van der Waals surface area contributed by atoms with Crippen LogP contribution in [0.2, 0.25) is 5.02 Å². The molecular weight excluding hydrogens is 1080 g/mol. The Hall–Kier alpha value is -7.86.